The molecule has 0 aliphatic carbocycles. The normalized spacial score (nSPS) is 13.1. The number of alkyl halides is 4. The number of rotatable bonds is 6. The molecule has 0 N–H and O–H groups in total. The zero-order valence-electron chi connectivity index (χ0n) is 6.65. The van der Waals surface area contributed by atoms with Crippen LogP contribution in [-0.4, -0.2) is 9.67 Å². The average Bonchev–Trinajstić information content (AvgIpc) is 2.02. The van der Waals surface area contributed by atoms with E-state index in [1.165, 1.54) is 12.2 Å². The first-order chi connectivity index (χ1) is 6.52. The molecule has 3 nitrogen and oxygen atoms in total. The Balaban J connectivity index is 3.66. The standard InChI is InChI=1S/C6H6Cl4O3P/c7-5(8)1-3-12-14(11)13-4-2-6(9)10/h1-6H/q+1. The third-order valence-electron chi connectivity index (χ3n) is 0.742. The lowest BCUT2D eigenvalue weighted by atomic mass is 10.7. The Morgan fingerprint density at radius 3 is 1.57 bits per heavy atom. The molecule has 0 rings (SSSR count). The Morgan fingerprint density at radius 1 is 0.929 bits per heavy atom. The van der Waals surface area contributed by atoms with E-state index in [1.807, 2.05) is 0 Å². The summed E-state index contributed by atoms with van der Waals surface area (Å²) < 4.78 is 19.9. The van der Waals surface area contributed by atoms with Crippen LogP contribution in [0.1, 0.15) is 0 Å². The zero-order valence-corrected chi connectivity index (χ0v) is 10.6. The predicted molar refractivity (Wildman–Crippen MR) is 59.0 cm³/mol. The monoisotopic (exact) mass is 297 g/mol. The minimum Gasteiger partial charge on any atom is -0.230 e. The molecule has 0 aliphatic rings. The van der Waals surface area contributed by atoms with Gasteiger partial charge in [0.1, 0.15) is 9.67 Å². The minimum atomic E-state index is -2.30. The Morgan fingerprint density at radius 2 is 1.29 bits per heavy atom. The van der Waals surface area contributed by atoms with E-state index in [1.54, 1.807) is 0 Å². The maximum Gasteiger partial charge on any atom is 0.804 e. The van der Waals surface area contributed by atoms with Crippen molar-refractivity contribution in [2.24, 2.45) is 0 Å². The minimum absolute atomic E-state index is 0.719. The van der Waals surface area contributed by atoms with Gasteiger partial charge >= 0.3 is 8.25 Å². The highest BCUT2D eigenvalue weighted by atomic mass is 35.5. The second-order valence-corrected chi connectivity index (χ2v) is 4.96. The van der Waals surface area contributed by atoms with Crippen LogP contribution in [0.5, 0.6) is 0 Å². The second-order valence-electron chi connectivity index (χ2n) is 1.76. The van der Waals surface area contributed by atoms with Gasteiger partial charge < -0.3 is 0 Å². The van der Waals surface area contributed by atoms with E-state index in [0.29, 0.717) is 0 Å². The molecule has 14 heavy (non-hydrogen) atoms. The lowest BCUT2D eigenvalue weighted by molar-refractivity contribution is 0.355. The van der Waals surface area contributed by atoms with Crippen LogP contribution >= 0.6 is 54.7 Å². The molecule has 0 aromatic heterocycles. The highest BCUT2D eigenvalue weighted by Crippen LogP contribution is 2.25. The van der Waals surface area contributed by atoms with Gasteiger partial charge in [0, 0.05) is 4.57 Å². The molecule has 0 fully saturated rings. The summed E-state index contributed by atoms with van der Waals surface area (Å²) >= 11 is 21.3. The molecular weight excluding hydrogens is 293 g/mol. The molecule has 0 atom stereocenters. The maximum atomic E-state index is 10.8. The van der Waals surface area contributed by atoms with Gasteiger partial charge in [-0.2, -0.15) is 0 Å². The van der Waals surface area contributed by atoms with Crippen molar-refractivity contribution in [3.63, 3.8) is 0 Å². The summed E-state index contributed by atoms with van der Waals surface area (Å²) in [6.45, 7) is 0. The van der Waals surface area contributed by atoms with Gasteiger partial charge in [-0.25, -0.2) is 9.05 Å². The number of halogens is 4. The van der Waals surface area contributed by atoms with Crippen molar-refractivity contribution in [1.29, 1.82) is 0 Å². The van der Waals surface area contributed by atoms with Crippen molar-refractivity contribution in [2.45, 2.75) is 9.67 Å². The Labute approximate surface area is 103 Å². The van der Waals surface area contributed by atoms with Crippen molar-refractivity contribution in [3.8, 4) is 0 Å². The molecule has 8 heteroatoms. The summed E-state index contributed by atoms with van der Waals surface area (Å²) in [5.41, 5.74) is 0. The van der Waals surface area contributed by atoms with Gasteiger partial charge in [0.05, 0.1) is 0 Å². The Hall–Kier alpha value is 0.340. The van der Waals surface area contributed by atoms with Crippen LogP contribution < -0.4 is 0 Å². The summed E-state index contributed by atoms with van der Waals surface area (Å²) in [6.07, 6.45) is 4.73. The fraction of sp³-hybridized carbons (Fsp3) is 0.333. The molecule has 0 aromatic rings. The van der Waals surface area contributed by atoms with Gasteiger partial charge in [0.25, 0.3) is 0 Å². The van der Waals surface area contributed by atoms with Crippen molar-refractivity contribution >= 4 is 54.7 Å². The van der Waals surface area contributed by atoms with Crippen LogP contribution in [-0.2, 0) is 13.6 Å². The molecule has 80 valence electrons. The Bertz CT molecular complexity index is 207. The third kappa shape index (κ3) is 10.4. The first kappa shape index (κ1) is 14.3. The van der Waals surface area contributed by atoms with Gasteiger partial charge in [0.15, 0.2) is 12.5 Å². The van der Waals surface area contributed by atoms with Crippen molar-refractivity contribution < 1.29 is 13.6 Å². The molecule has 0 amide bonds. The highest BCUT2D eigenvalue weighted by Gasteiger charge is 2.17. The largest absolute Gasteiger partial charge is 0.804 e. The highest BCUT2D eigenvalue weighted by molar-refractivity contribution is 7.33. The summed E-state index contributed by atoms with van der Waals surface area (Å²) in [5.74, 6) is 0. The first-order valence-corrected chi connectivity index (χ1v) is 6.07. The SMILES string of the molecule is O=[P+](OC=CC(Cl)Cl)OC=CC(Cl)Cl. The fourth-order valence-corrected chi connectivity index (χ4v) is 0.940. The maximum absolute atomic E-state index is 10.8. The summed E-state index contributed by atoms with van der Waals surface area (Å²) in [7, 11) is -2.30. The van der Waals surface area contributed by atoms with Crippen LogP contribution in [0.3, 0.4) is 0 Å². The first-order valence-electron chi connectivity index (χ1n) is 3.23. The lowest BCUT2D eigenvalue weighted by Gasteiger charge is -1.86. The van der Waals surface area contributed by atoms with Gasteiger partial charge in [-0.1, -0.05) is 0 Å². The van der Waals surface area contributed by atoms with E-state index < -0.39 is 17.9 Å². The molecule has 0 spiro atoms. The van der Waals surface area contributed by atoms with E-state index in [9.17, 15) is 4.57 Å². The quantitative estimate of drug-likeness (QED) is 0.416. The topological polar surface area (TPSA) is 35.5 Å². The summed E-state index contributed by atoms with van der Waals surface area (Å²) in [5, 5.41) is 0. The van der Waals surface area contributed by atoms with E-state index in [2.05, 4.69) is 9.05 Å². The Kier molecular flexibility index (Phi) is 8.84. The van der Waals surface area contributed by atoms with E-state index in [-0.39, 0.29) is 0 Å². The summed E-state index contributed by atoms with van der Waals surface area (Å²) in [6, 6.07) is 0. The van der Waals surface area contributed by atoms with E-state index >= 15 is 0 Å². The van der Waals surface area contributed by atoms with Crippen molar-refractivity contribution in [1.82, 2.24) is 0 Å². The number of hydrogen-bond acceptors (Lipinski definition) is 3. The van der Waals surface area contributed by atoms with Crippen molar-refractivity contribution in [2.75, 3.05) is 0 Å². The molecular formula is C6H6Cl4O3P+. The molecule has 0 heterocycles. The molecule has 0 unspecified atom stereocenters. The smallest absolute Gasteiger partial charge is 0.230 e. The van der Waals surface area contributed by atoms with Crippen LogP contribution in [0, 0.1) is 0 Å². The van der Waals surface area contributed by atoms with Crippen LogP contribution in [0.2, 0.25) is 0 Å². The van der Waals surface area contributed by atoms with Gasteiger partial charge in [0.2, 0.25) is 0 Å². The zero-order chi connectivity index (χ0) is 11.0. The second kappa shape index (κ2) is 8.63. The predicted octanol–water partition coefficient (Wildman–Crippen LogP) is 4.31. The van der Waals surface area contributed by atoms with Crippen LogP contribution in [0.4, 0.5) is 0 Å². The van der Waals surface area contributed by atoms with Crippen LogP contribution in [0.15, 0.2) is 24.7 Å². The van der Waals surface area contributed by atoms with Gasteiger partial charge in [-0.3, -0.25) is 0 Å². The third-order valence-corrected chi connectivity index (χ3v) is 1.91. The summed E-state index contributed by atoms with van der Waals surface area (Å²) in [4.78, 5) is -1.44. The number of hydrogen-bond donors (Lipinski definition) is 0. The molecule has 0 bridgehead atoms. The van der Waals surface area contributed by atoms with E-state index in [4.69, 9.17) is 46.4 Å². The molecule has 0 aliphatic heterocycles. The van der Waals surface area contributed by atoms with E-state index in [0.717, 1.165) is 12.5 Å². The van der Waals surface area contributed by atoms with Gasteiger partial charge in [-0.15, -0.1) is 46.4 Å². The van der Waals surface area contributed by atoms with Crippen molar-refractivity contribution in [3.05, 3.63) is 24.7 Å². The van der Waals surface area contributed by atoms with Gasteiger partial charge in [-0.05, 0) is 12.2 Å². The molecule has 0 saturated heterocycles. The fourth-order valence-electron chi connectivity index (χ4n) is 0.313. The number of allylic oxidation sites excluding steroid dienone is 2. The molecule has 0 aromatic carbocycles. The van der Waals surface area contributed by atoms with Crippen LogP contribution in [0.25, 0.3) is 0 Å². The molecule has 0 radical (unpaired) electrons. The lowest BCUT2D eigenvalue weighted by Crippen LogP contribution is -1.78. The average molecular weight is 299 g/mol. The molecule has 0 saturated carbocycles.